The van der Waals surface area contributed by atoms with Crippen molar-refractivity contribution >= 4 is 29.1 Å². The number of rotatable bonds is 4. The summed E-state index contributed by atoms with van der Waals surface area (Å²) in [5.74, 6) is 0.117. The van der Waals surface area contributed by atoms with E-state index in [1.54, 1.807) is 35.3 Å². The van der Waals surface area contributed by atoms with E-state index in [0.29, 0.717) is 28.2 Å². The topological polar surface area (TPSA) is 84.7 Å². The highest BCUT2D eigenvalue weighted by molar-refractivity contribution is 6.31. The number of carbonyl (C=O) groups is 1. The summed E-state index contributed by atoms with van der Waals surface area (Å²) in [5, 5.41) is 11.4. The van der Waals surface area contributed by atoms with Crippen molar-refractivity contribution in [3.63, 3.8) is 0 Å². The average molecular weight is 443 g/mol. The Morgan fingerprint density at radius 3 is 2.59 bits per heavy atom. The Balaban J connectivity index is 1.61. The Morgan fingerprint density at radius 2 is 1.84 bits per heavy atom. The van der Waals surface area contributed by atoms with Gasteiger partial charge in [-0.1, -0.05) is 66.7 Å². The lowest BCUT2D eigenvalue weighted by Crippen LogP contribution is -2.39. The molecular weight excluding hydrogens is 424 g/mol. The number of hydrogen-bond acceptors (Lipinski definition) is 5. The van der Waals surface area contributed by atoms with Crippen LogP contribution >= 0.6 is 11.6 Å². The molecule has 0 saturated heterocycles. The minimum absolute atomic E-state index is 0.247. The van der Waals surface area contributed by atoms with Crippen LogP contribution in [0, 0.1) is 5.92 Å². The van der Waals surface area contributed by atoms with Crippen LogP contribution < -0.4 is 10.6 Å². The molecule has 158 valence electrons. The van der Waals surface area contributed by atoms with E-state index >= 15 is 0 Å². The number of benzene rings is 2. The van der Waals surface area contributed by atoms with E-state index in [9.17, 15) is 4.79 Å². The number of halogens is 1. The van der Waals surface area contributed by atoms with Crippen LogP contribution in [0.1, 0.15) is 11.6 Å². The summed E-state index contributed by atoms with van der Waals surface area (Å²) in [4.78, 5) is 22.1. The first kappa shape index (κ1) is 20.0. The van der Waals surface area contributed by atoms with Crippen molar-refractivity contribution in [3.05, 3.63) is 102 Å². The zero-order valence-electron chi connectivity index (χ0n) is 16.9. The second kappa shape index (κ2) is 8.28. The van der Waals surface area contributed by atoms with Crippen LogP contribution in [0.4, 0.5) is 11.6 Å². The summed E-state index contributed by atoms with van der Waals surface area (Å²) in [6, 6.07) is 20.1. The van der Waals surface area contributed by atoms with Gasteiger partial charge in [-0.15, -0.1) is 5.10 Å². The van der Waals surface area contributed by atoms with Crippen LogP contribution in [0.5, 0.6) is 0 Å². The summed E-state index contributed by atoms with van der Waals surface area (Å²) in [7, 11) is 0. The Morgan fingerprint density at radius 1 is 1.06 bits per heavy atom. The van der Waals surface area contributed by atoms with Gasteiger partial charge in [-0.3, -0.25) is 9.78 Å². The lowest BCUT2D eigenvalue weighted by atomic mass is 9.88. The second-order valence-electron chi connectivity index (χ2n) is 7.39. The molecule has 3 heterocycles. The summed E-state index contributed by atoms with van der Waals surface area (Å²) >= 11 is 6.57. The molecule has 0 aliphatic carbocycles. The van der Waals surface area contributed by atoms with Crippen LogP contribution in [-0.4, -0.2) is 25.7 Å². The summed E-state index contributed by atoms with van der Waals surface area (Å²) in [6.45, 7) is 4.13. The van der Waals surface area contributed by atoms with Gasteiger partial charge in [-0.2, -0.15) is 4.98 Å². The maximum absolute atomic E-state index is 13.4. The van der Waals surface area contributed by atoms with E-state index in [4.69, 9.17) is 16.7 Å². The van der Waals surface area contributed by atoms with E-state index in [0.717, 1.165) is 11.1 Å². The number of anilines is 2. The fourth-order valence-corrected chi connectivity index (χ4v) is 4.10. The number of aromatic nitrogens is 4. The maximum atomic E-state index is 13.4. The molecule has 2 N–H and O–H groups in total. The average Bonchev–Trinajstić information content (AvgIpc) is 3.23. The number of carbonyl (C=O) groups excluding carboxylic acids is 1. The molecule has 1 aliphatic heterocycles. The fraction of sp³-hybridized carbons (Fsp3) is 0.0833. The standard InChI is InChI=1S/C24H19ClN6O/c1-15-20(23(32)28-17-10-7-13-26-14-17)21(18-11-5-6-12-19(18)25)31-24(27-15)29-22(30-31)16-8-3-2-4-9-16/h2-14,20-21H,1H2,(H,28,32)(H,27,29,30). The highest BCUT2D eigenvalue weighted by atomic mass is 35.5. The predicted molar refractivity (Wildman–Crippen MR) is 124 cm³/mol. The van der Waals surface area contributed by atoms with Crippen LogP contribution in [0.3, 0.4) is 0 Å². The van der Waals surface area contributed by atoms with Gasteiger partial charge in [0.05, 0.1) is 17.9 Å². The monoisotopic (exact) mass is 442 g/mol. The first-order valence-electron chi connectivity index (χ1n) is 10.0. The number of amides is 1. The molecule has 8 heteroatoms. The van der Waals surface area contributed by atoms with Gasteiger partial charge in [-0.25, -0.2) is 4.68 Å². The molecule has 1 amide bonds. The Kier molecular flexibility index (Phi) is 5.17. The summed E-state index contributed by atoms with van der Waals surface area (Å²) in [6.07, 6.45) is 3.24. The van der Waals surface area contributed by atoms with Gasteiger partial charge in [0, 0.05) is 22.5 Å². The molecule has 2 atom stereocenters. The van der Waals surface area contributed by atoms with Gasteiger partial charge in [0.1, 0.15) is 5.92 Å². The number of pyridine rings is 1. The number of fused-ring (bicyclic) bond motifs is 1. The van der Waals surface area contributed by atoms with Gasteiger partial charge >= 0.3 is 0 Å². The molecule has 2 aromatic carbocycles. The molecule has 2 aromatic heterocycles. The maximum Gasteiger partial charge on any atom is 0.236 e. The predicted octanol–water partition coefficient (Wildman–Crippen LogP) is 4.78. The lowest BCUT2D eigenvalue weighted by molar-refractivity contribution is -0.119. The molecule has 0 saturated carbocycles. The number of nitrogens with zero attached hydrogens (tertiary/aromatic N) is 4. The van der Waals surface area contributed by atoms with Crippen molar-refractivity contribution in [1.29, 1.82) is 0 Å². The molecule has 0 spiro atoms. The third-order valence-corrected chi connectivity index (χ3v) is 5.67. The lowest BCUT2D eigenvalue weighted by Gasteiger charge is -2.34. The van der Waals surface area contributed by atoms with Crippen molar-refractivity contribution < 1.29 is 4.79 Å². The third-order valence-electron chi connectivity index (χ3n) is 5.33. The van der Waals surface area contributed by atoms with E-state index < -0.39 is 12.0 Å². The van der Waals surface area contributed by atoms with Crippen LogP contribution in [-0.2, 0) is 4.79 Å². The molecule has 0 fully saturated rings. The molecule has 0 radical (unpaired) electrons. The van der Waals surface area contributed by atoms with Gasteiger partial charge in [0.25, 0.3) is 0 Å². The Labute approximate surface area is 189 Å². The van der Waals surface area contributed by atoms with Gasteiger partial charge in [0.15, 0.2) is 5.82 Å². The van der Waals surface area contributed by atoms with Crippen LogP contribution in [0.25, 0.3) is 11.4 Å². The highest BCUT2D eigenvalue weighted by Gasteiger charge is 2.41. The minimum atomic E-state index is -0.687. The van der Waals surface area contributed by atoms with Crippen molar-refractivity contribution in [1.82, 2.24) is 19.7 Å². The van der Waals surface area contributed by atoms with Gasteiger partial charge in [-0.05, 0) is 23.8 Å². The van der Waals surface area contributed by atoms with E-state index in [1.807, 2.05) is 48.5 Å². The number of hydrogen-bond donors (Lipinski definition) is 2. The molecule has 0 bridgehead atoms. The van der Waals surface area contributed by atoms with Crippen molar-refractivity contribution in [2.45, 2.75) is 6.04 Å². The highest BCUT2D eigenvalue weighted by Crippen LogP contribution is 2.41. The Hall–Kier alpha value is -3.97. The van der Waals surface area contributed by atoms with Gasteiger partial charge < -0.3 is 10.6 Å². The fourth-order valence-electron chi connectivity index (χ4n) is 3.85. The molecule has 32 heavy (non-hydrogen) atoms. The molecule has 5 rings (SSSR count). The van der Waals surface area contributed by atoms with Crippen LogP contribution in [0.15, 0.2) is 91.4 Å². The second-order valence-corrected chi connectivity index (χ2v) is 7.80. The van der Waals surface area contributed by atoms with E-state index in [1.165, 1.54) is 0 Å². The smallest absolute Gasteiger partial charge is 0.236 e. The zero-order valence-corrected chi connectivity index (χ0v) is 17.7. The molecule has 4 aromatic rings. The zero-order chi connectivity index (χ0) is 22.1. The Bertz CT molecular complexity index is 1290. The minimum Gasteiger partial charge on any atom is -0.328 e. The largest absolute Gasteiger partial charge is 0.328 e. The van der Waals surface area contributed by atoms with E-state index in [2.05, 4.69) is 27.2 Å². The molecule has 2 unspecified atom stereocenters. The molecular formula is C24H19ClN6O. The first-order chi connectivity index (χ1) is 15.6. The first-order valence-corrected chi connectivity index (χ1v) is 10.4. The normalized spacial score (nSPS) is 17.3. The van der Waals surface area contributed by atoms with Crippen molar-refractivity contribution in [2.24, 2.45) is 5.92 Å². The summed E-state index contributed by atoms with van der Waals surface area (Å²) in [5.41, 5.74) is 2.73. The van der Waals surface area contributed by atoms with E-state index in [-0.39, 0.29) is 5.91 Å². The molecule has 1 aliphatic rings. The third kappa shape index (κ3) is 3.63. The van der Waals surface area contributed by atoms with Crippen molar-refractivity contribution in [3.8, 4) is 11.4 Å². The SMILES string of the molecule is C=C1Nc2nc(-c3ccccc3)nn2C(c2ccccc2Cl)C1C(=O)Nc1cccnc1. The van der Waals surface area contributed by atoms with Gasteiger partial charge in [0.2, 0.25) is 11.9 Å². The van der Waals surface area contributed by atoms with Crippen LogP contribution in [0.2, 0.25) is 5.02 Å². The number of nitrogens with one attached hydrogen (secondary N) is 2. The van der Waals surface area contributed by atoms with Crippen molar-refractivity contribution in [2.75, 3.05) is 10.6 Å². The summed E-state index contributed by atoms with van der Waals surface area (Å²) < 4.78 is 1.71. The molecule has 7 nitrogen and oxygen atoms in total. The quantitative estimate of drug-likeness (QED) is 0.475.